The molecule has 1 atom stereocenters. The summed E-state index contributed by atoms with van der Waals surface area (Å²) in [7, 11) is 0. The van der Waals surface area contributed by atoms with Crippen LogP contribution in [0.1, 0.15) is 43.7 Å². The average molecular weight is 235 g/mol. The summed E-state index contributed by atoms with van der Waals surface area (Å²) in [6.45, 7) is 6.44. The van der Waals surface area contributed by atoms with Crippen molar-refractivity contribution in [2.75, 3.05) is 13.1 Å². The predicted molar refractivity (Wildman–Crippen MR) is 69.8 cm³/mol. The highest BCUT2D eigenvalue weighted by molar-refractivity contribution is 5.27. The molecule has 17 heavy (non-hydrogen) atoms. The zero-order chi connectivity index (χ0) is 12.3. The second kappa shape index (κ2) is 5.63. The third-order valence-electron chi connectivity index (χ3n) is 3.57. The molecule has 1 aliphatic rings. The second-order valence-corrected chi connectivity index (χ2v) is 5.46. The Morgan fingerprint density at radius 1 is 1.35 bits per heavy atom. The van der Waals surface area contributed by atoms with Gasteiger partial charge in [0, 0.05) is 0 Å². The molecule has 1 aromatic rings. The molecule has 1 heterocycles. The topological polar surface area (TPSA) is 12.0 Å². The monoisotopic (exact) mass is 235 g/mol. The van der Waals surface area contributed by atoms with Crippen molar-refractivity contribution < 1.29 is 4.39 Å². The van der Waals surface area contributed by atoms with Gasteiger partial charge in [0.15, 0.2) is 0 Å². The molecule has 1 aromatic carbocycles. The molecule has 0 aliphatic carbocycles. The molecule has 94 valence electrons. The fourth-order valence-corrected chi connectivity index (χ4v) is 2.56. The number of hydrogen-bond donors (Lipinski definition) is 1. The quantitative estimate of drug-likeness (QED) is 0.845. The molecule has 0 spiro atoms. The first-order valence-corrected chi connectivity index (χ1v) is 6.65. The van der Waals surface area contributed by atoms with Gasteiger partial charge in [0.2, 0.25) is 0 Å². The van der Waals surface area contributed by atoms with Crippen molar-refractivity contribution in [3.63, 3.8) is 0 Å². The molecule has 1 unspecified atom stereocenters. The Morgan fingerprint density at radius 2 is 2.18 bits per heavy atom. The maximum atomic E-state index is 13.5. The van der Waals surface area contributed by atoms with E-state index in [1.165, 1.54) is 12.8 Å². The van der Waals surface area contributed by atoms with Gasteiger partial charge in [0.25, 0.3) is 0 Å². The van der Waals surface area contributed by atoms with Crippen LogP contribution in [-0.2, 0) is 6.42 Å². The van der Waals surface area contributed by atoms with Gasteiger partial charge in [-0.2, -0.15) is 0 Å². The number of nitrogens with one attached hydrogen (secondary N) is 1. The van der Waals surface area contributed by atoms with Gasteiger partial charge < -0.3 is 5.32 Å². The summed E-state index contributed by atoms with van der Waals surface area (Å²) in [6.07, 6.45) is 3.52. The predicted octanol–water partition coefficient (Wildman–Crippen LogP) is 3.49. The lowest BCUT2D eigenvalue weighted by molar-refractivity contribution is 0.375. The van der Waals surface area contributed by atoms with E-state index in [2.05, 4.69) is 25.2 Å². The maximum Gasteiger partial charge on any atom is 0.123 e. The molecule has 1 N–H and O–H groups in total. The molecular formula is C15H22FN. The number of piperidine rings is 1. The first-order valence-electron chi connectivity index (χ1n) is 6.65. The van der Waals surface area contributed by atoms with Crippen LogP contribution in [0.15, 0.2) is 18.2 Å². The highest BCUT2D eigenvalue weighted by atomic mass is 19.1. The summed E-state index contributed by atoms with van der Waals surface area (Å²) in [5, 5.41) is 3.41. The average Bonchev–Trinajstić information content (AvgIpc) is 2.29. The lowest BCUT2D eigenvalue weighted by Crippen LogP contribution is -2.30. The molecule has 0 bridgehead atoms. The van der Waals surface area contributed by atoms with Crippen LogP contribution in [0, 0.1) is 11.7 Å². The summed E-state index contributed by atoms with van der Waals surface area (Å²) in [5.74, 6) is 0.981. The van der Waals surface area contributed by atoms with Crippen LogP contribution in [0.25, 0.3) is 0 Å². The van der Waals surface area contributed by atoms with Crippen LogP contribution in [0.4, 0.5) is 4.39 Å². The standard InChI is InChI=1S/C15H22FN/c1-11(2)14-7-13(8-15(16)9-14)6-12-4-3-5-17-10-12/h7-9,11-12,17H,3-6,10H2,1-2H3. The van der Waals surface area contributed by atoms with Crippen LogP contribution in [0.5, 0.6) is 0 Å². The molecule has 1 aliphatic heterocycles. The molecule has 0 aromatic heterocycles. The lowest BCUT2D eigenvalue weighted by atomic mass is 9.90. The summed E-state index contributed by atoms with van der Waals surface area (Å²) in [6, 6.07) is 5.52. The van der Waals surface area contributed by atoms with Crippen LogP contribution in [0.2, 0.25) is 0 Å². The van der Waals surface area contributed by atoms with Gasteiger partial charge >= 0.3 is 0 Å². The van der Waals surface area contributed by atoms with E-state index < -0.39 is 0 Å². The number of benzene rings is 1. The molecular weight excluding hydrogens is 213 g/mol. The minimum Gasteiger partial charge on any atom is -0.316 e. The molecule has 2 heteroatoms. The zero-order valence-electron chi connectivity index (χ0n) is 10.8. The summed E-state index contributed by atoms with van der Waals surface area (Å²) in [4.78, 5) is 0. The summed E-state index contributed by atoms with van der Waals surface area (Å²) >= 11 is 0. The first kappa shape index (κ1) is 12.6. The number of halogens is 1. The van der Waals surface area contributed by atoms with Crippen LogP contribution >= 0.6 is 0 Å². The van der Waals surface area contributed by atoms with Gasteiger partial charge in [-0.25, -0.2) is 4.39 Å². The van der Waals surface area contributed by atoms with Crippen molar-refractivity contribution in [2.45, 2.75) is 39.0 Å². The Hall–Kier alpha value is -0.890. The van der Waals surface area contributed by atoms with Gasteiger partial charge in [-0.1, -0.05) is 19.9 Å². The van der Waals surface area contributed by atoms with Crippen molar-refractivity contribution in [3.8, 4) is 0 Å². The van der Waals surface area contributed by atoms with Crippen LogP contribution < -0.4 is 5.32 Å². The minimum absolute atomic E-state index is 0.0880. The van der Waals surface area contributed by atoms with Crippen molar-refractivity contribution in [2.24, 2.45) is 5.92 Å². The van der Waals surface area contributed by atoms with Gasteiger partial charge in [-0.15, -0.1) is 0 Å². The second-order valence-electron chi connectivity index (χ2n) is 5.46. The van der Waals surface area contributed by atoms with Gasteiger partial charge in [-0.3, -0.25) is 0 Å². The highest BCUT2D eigenvalue weighted by Crippen LogP contribution is 2.22. The highest BCUT2D eigenvalue weighted by Gasteiger charge is 2.14. The third kappa shape index (κ3) is 3.53. The van der Waals surface area contributed by atoms with Crippen molar-refractivity contribution in [3.05, 3.63) is 35.1 Å². The molecule has 0 amide bonds. The lowest BCUT2D eigenvalue weighted by Gasteiger charge is -2.23. The van der Waals surface area contributed by atoms with Gasteiger partial charge in [-0.05, 0) is 67.4 Å². The smallest absolute Gasteiger partial charge is 0.123 e. The molecule has 0 radical (unpaired) electrons. The normalized spacial score (nSPS) is 20.8. The third-order valence-corrected chi connectivity index (χ3v) is 3.57. The van der Waals surface area contributed by atoms with E-state index in [9.17, 15) is 4.39 Å². The largest absolute Gasteiger partial charge is 0.316 e. The zero-order valence-corrected chi connectivity index (χ0v) is 10.8. The van der Waals surface area contributed by atoms with Crippen molar-refractivity contribution >= 4 is 0 Å². The molecule has 0 saturated carbocycles. The Bertz CT molecular complexity index is 367. The fourth-order valence-electron chi connectivity index (χ4n) is 2.56. The molecule has 1 saturated heterocycles. The Balaban J connectivity index is 2.09. The van der Waals surface area contributed by atoms with E-state index in [0.717, 1.165) is 30.6 Å². The van der Waals surface area contributed by atoms with Crippen molar-refractivity contribution in [1.82, 2.24) is 5.32 Å². The Kier molecular flexibility index (Phi) is 4.16. The van der Waals surface area contributed by atoms with Crippen molar-refractivity contribution in [1.29, 1.82) is 0 Å². The Morgan fingerprint density at radius 3 is 2.82 bits per heavy atom. The van der Waals surface area contributed by atoms with E-state index in [1.54, 1.807) is 12.1 Å². The van der Waals surface area contributed by atoms with E-state index in [4.69, 9.17) is 0 Å². The van der Waals surface area contributed by atoms with Gasteiger partial charge in [0.05, 0.1) is 0 Å². The van der Waals surface area contributed by atoms with Gasteiger partial charge in [0.1, 0.15) is 5.82 Å². The molecule has 1 fully saturated rings. The summed E-state index contributed by atoms with van der Waals surface area (Å²) < 4.78 is 13.5. The minimum atomic E-state index is -0.0880. The van der Waals surface area contributed by atoms with E-state index in [0.29, 0.717) is 11.8 Å². The SMILES string of the molecule is CC(C)c1cc(F)cc(CC2CCCNC2)c1. The van der Waals surface area contributed by atoms with E-state index >= 15 is 0 Å². The first-order chi connectivity index (χ1) is 8.15. The molecule has 1 nitrogen and oxygen atoms in total. The maximum absolute atomic E-state index is 13.5. The Labute approximate surface area is 103 Å². The van der Waals surface area contributed by atoms with E-state index in [-0.39, 0.29) is 5.82 Å². The number of hydrogen-bond acceptors (Lipinski definition) is 1. The number of rotatable bonds is 3. The van der Waals surface area contributed by atoms with Crippen LogP contribution in [0.3, 0.4) is 0 Å². The fraction of sp³-hybridized carbons (Fsp3) is 0.600. The molecule has 2 rings (SSSR count). The van der Waals surface area contributed by atoms with E-state index in [1.807, 2.05) is 0 Å². The summed E-state index contributed by atoms with van der Waals surface area (Å²) in [5.41, 5.74) is 2.27. The van der Waals surface area contributed by atoms with Crippen LogP contribution in [-0.4, -0.2) is 13.1 Å².